The van der Waals surface area contributed by atoms with Crippen molar-refractivity contribution in [1.82, 2.24) is 5.32 Å². The summed E-state index contributed by atoms with van der Waals surface area (Å²) < 4.78 is 0. The lowest BCUT2D eigenvalue weighted by atomic mass is 10.0. The predicted molar refractivity (Wildman–Crippen MR) is 63.1 cm³/mol. The van der Waals surface area contributed by atoms with Crippen LogP contribution in [0.15, 0.2) is 18.2 Å². The van der Waals surface area contributed by atoms with Crippen LogP contribution in [0.1, 0.15) is 34.8 Å². The van der Waals surface area contributed by atoms with Crippen LogP contribution in [-0.4, -0.2) is 11.9 Å². The summed E-state index contributed by atoms with van der Waals surface area (Å²) in [5, 5.41) is 11.5. The van der Waals surface area contributed by atoms with Crippen molar-refractivity contribution in [2.45, 2.75) is 33.2 Å². The van der Waals surface area contributed by atoms with Gasteiger partial charge in [0.2, 0.25) is 0 Å². The Hall–Kier alpha value is -1.82. The van der Waals surface area contributed by atoms with Crippen molar-refractivity contribution in [2.24, 2.45) is 0 Å². The highest BCUT2D eigenvalue weighted by Crippen LogP contribution is 2.10. The molecule has 1 unspecified atom stereocenters. The molecule has 0 aromatic heterocycles. The van der Waals surface area contributed by atoms with Crippen molar-refractivity contribution in [3.8, 4) is 6.07 Å². The lowest BCUT2D eigenvalue weighted by Crippen LogP contribution is -2.33. The predicted octanol–water partition coefficient (Wildman–Crippen LogP) is 2.34. The first kappa shape index (κ1) is 12.3. The highest BCUT2D eigenvalue weighted by atomic mass is 16.1. The molecular formula is C13H16N2O. The Kier molecular flexibility index (Phi) is 4.07. The molecule has 0 heterocycles. The van der Waals surface area contributed by atoms with Gasteiger partial charge in [-0.25, -0.2) is 0 Å². The lowest BCUT2D eigenvalue weighted by Gasteiger charge is -2.11. The van der Waals surface area contributed by atoms with Crippen molar-refractivity contribution in [3.63, 3.8) is 0 Å². The summed E-state index contributed by atoms with van der Waals surface area (Å²) in [5.74, 6) is -0.172. The van der Waals surface area contributed by atoms with Gasteiger partial charge < -0.3 is 5.32 Å². The van der Waals surface area contributed by atoms with E-state index in [0.29, 0.717) is 12.0 Å². The van der Waals surface area contributed by atoms with E-state index < -0.39 is 6.04 Å². The third-order valence-electron chi connectivity index (χ3n) is 2.51. The van der Waals surface area contributed by atoms with E-state index in [1.54, 1.807) is 0 Å². The fourth-order valence-corrected chi connectivity index (χ4v) is 1.44. The summed E-state index contributed by atoms with van der Waals surface area (Å²) in [4.78, 5) is 11.9. The molecule has 16 heavy (non-hydrogen) atoms. The number of nitriles is 1. The summed E-state index contributed by atoms with van der Waals surface area (Å²) in [6.07, 6.45) is 0.618. The number of benzene rings is 1. The van der Waals surface area contributed by atoms with Gasteiger partial charge in [0.15, 0.2) is 0 Å². The van der Waals surface area contributed by atoms with Gasteiger partial charge in [-0.3, -0.25) is 4.79 Å². The van der Waals surface area contributed by atoms with E-state index in [2.05, 4.69) is 11.4 Å². The van der Waals surface area contributed by atoms with Gasteiger partial charge in [0.05, 0.1) is 6.07 Å². The van der Waals surface area contributed by atoms with E-state index >= 15 is 0 Å². The van der Waals surface area contributed by atoms with Crippen LogP contribution in [0.25, 0.3) is 0 Å². The van der Waals surface area contributed by atoms with Crippen LogP contribution < -0.4 is 5.32 Å². The molecule has 0 aliphatic carbocycles. The Labute approximate surface area is 96.1 Å². The summed E-state index contributed by atoms with van der Waals surface area (Å²) in [5.41, 5.74) is 2.62. The first-order chi connectivity index (χ1) is 7.58. The maximum atomic E-state index is 11.9. The van der Waals surface area contributed by atoms with Crippen LogP contribution in [-0.2, 0) is 0 Å². The van der Waals surface area contributed by atoms with Gasteiger partial charge in [-0.2, -0.15) is 5.26 Å². The standard InChI is InChI=1S/C13H16N2O/c1-4-11(8-14)15-13(16)12-7-9(2)5-6-10(12)3/h5-7,11H,4H2,1-3H3,(H,15,16). The number of carbonyl (C=O) groups is 1. The molecule has 0 bridgehead atoms. The molecule has 1 amide bonds. The zero-order chi connectivity index (χ0) is 12.1. The molecule has 0 aliphatic rings. The lowest BCUT2D eigenvalue weighted by molar-refractivity contribution is 0.0944. The van der Waals surface area contributed by atoms with Crippen LogP contribution in [0.3, 0.4) is 0 Å². The van der Waals surface area contributed by atoms with E-state index in [1.165, 1.54) is 0 Å². The quantitative estimate of drug-likeness (QED) is 0.843. The monoisotopic (exact) mass is 216 g/mol. The number of rotatable bonds is 3. The molecule has 1 aromatic rings. The Morgan fingerprint density at radius 3 is 2.75 bits per heavy atom. The highest BCUT2D eigenvalue weighted by Gasteiger charge is 2.13. The largest absolute Gasteiger partial charge is 0.336 e. The van der Waals surface area contributed by atoms with Crippen molar-refractivity contribution in [2.75, 3.05) is 0 Å². The molecule has 0 saturated carbocycles. The molecule has 1 atom stereocenters. The van der Waals surface area contributed by atoms with Crippen molar-refractivity contribution in [3.05, 3.63) is 34.9 Å². The number of hydrogen-bond acceptors (Lipinski definition) is 2. The number of nitrogens with one attached hydrogen (secondary N) is 1. The molecule has 1 rings (SSSR count). The molecule has 1 aromatic carbocycles. The normalized spacial score (nSPS) is 11.6. The molecule has 1 N–H and O–H groups in total. The molecule has 0 saturated heterocycles. The topological polar surface area (TPSA) is 52.9 Å². The fourth-order valence-electron chi connectivity index (χ4n) is 1.44. The number of carbonyl (C=O) groups excluding carboxylic acids is 1. The van der Waals surface area contributed by atoms with E-state index in [4.69, 9.17) is 5.26 Å². The fraction of sp³-hybridized carbons (Fsp3) is 0.385. The third kappa shape index (κ3) is 2.83. The smallest absolute Gasteiger partial charge is 0.252 e. The average molecular weight is 216 g/mol. The maximum Gasteiger partial charge on any atom is 0.252 e. The average Bonchev–Trinajstić information content (AvgIpc) is 2.28. The molecule has 84 valence electrons. The van der Waals surface area contributed by atoms with Crippen molar-refractivity contribution < 1.29 is 4.79 Å². The zero-order valence-corrected chi connectivity index (χ0v) is 9.87. The molecule has 0 radical (unpaired) electrons. The van der Waals surface area contributed by atoms with E-state index in [-0.39, 0.29) is 5.91 Å². The van der Waals surface area contributed by atoms with Crippen LogP contribution >= 0.6 is 0 Å². The van der Waals surface area contributed by atoms with Crippen LogP contribution in [0.5, 0.6) is 0 Å². The van der Waals surface area contributed by atoms with E-state index in [0.717, 1.165) is 11.1 Å². The Morgan fingerprint density at radius 2 is 2.19 bits per heavy atom. The van der Waals surface area contributed by atoms with Gasteiger partial charge in [-0.05, 0) is 31.9 Å². The molecule has 3 nitrogen and oxygen atoms in total. The first-order valence-corrected chi connectivity index (χ1v) is 5.36. The van der Waals surface area contributed by atoms with Crippen LogP contribution in [0.2, 0.25) is 0 Å². The second-order valence-corrected chi connectivity index (χ2v) is 3.88. The number of hydrogen-bond donors (Lipinski definition) is 1. The first-order valence-electron chi connectivity index (χ1n) is 5.36. The van der Waals surface area contributed by atoms with Crippen molar-refractivity contribution >= 4 is 5.91 Å². The minimum atomic E-state index is -0.410. The third-order valence-corrected chi connectivity index (χ3v) is 2.51. The molecule has 0 spiro atoms. The summed E-state index contributed by atoms with van der Waals surface area (Å²) >= 11 is 0. The summed E-state index contributed by atoms with van der Waals surface area (Å²) in [7, 11) is 0. The number of aryl methyl sites for hydroxylation is 2. The maximum absolute atomic E-state index is 11.9. The van der Waals surface area contributed by atoms with Crippen LogP contribution in [0.4, 0.5) is 0 Å². The van der Waals surface area contributed by atoms with Gasteiger partial charge in [0, 0.05) is 5.56 Å². The molecule has 0 fully saturated rings. The minimum Gasteiger partial charge on any atom is -0.336 e. The Morgan fingerprint density at radius 1 is 1.50 bits per heavy atom. The van der Waals surface area contributed by atoms with E-state index in [9.17, 15) is 4.79 Å². The van der Waals surface area contributed by atoms with Gasteiger partial charge in [0.25, 0.3) is 5.91 Å². The molecular weight excluding hydrogens is 200 g/mol. The van der Waals surface area contributed by atoms with Crippen molar-refractivity contribution in [1.29, 1.82) is 5.26 Å². The Balaban J connectivity index is 2.89. The summed E-state index contributed by atoms with van der Waals surface area (Å²) in [6, 6.07) is 7.37. The van der Waals surface area contributed by atoms with Crippen LogP contribution in [0, 0.1) is 25.2 Å². The minimum absolute atomic E-state index is 0.172. The Bertz CT molecular complexity index is 432. The second kappa shape index (κ2) is 5.32. The zero-order valence-electron chi connectivity index (χ0n) is 9.87. The molecule has 3 heteroatoms. The summed E-state index contributed by atoms with van der Waals surface area (Å²) in [6.45, 7) is 5.71. The SMILES string of the molecule is CCC(C#N)NC(=O)c1cc(C)ccc1C. The van der Waals surface area contributed by atoms with Gasteiger partial charge >= 0.3 is 0 Å². The molecule has 0 aliphatic heterocycles. The number of amides is 1. The van der Waals surface area contributed by atoms with Gasteiger partial charge in [-0.15, -0.1) is 0 Å². The van der Waals surface area contributed by atoms with E-state index in [1.807, 2.05) is 39.0 Å². The highest BCUT2D eigenvalue weighted by molar-refractivity contribution is 5.96. The second-order valence-electron chi connectivity index (χ2n) is 3.88. The number of nitrogens with zero attached hydrogens (tertiary/aromatic N) is 1. The van der Waals surface area contributed by atoms with Gasteiger partial charge in [-0.1, -0.05) is 24.6 Å². The van der Waals surface area contributed by atoms with Gasteiger partial charge in [0.1, 0.15) is 6.04 Å².